The van der Waals surface area contributed by atoms with Crippen molar-refractivity contribution in [2.45, 2.75) is 50.2 Å². The van der Waals surface area contributed by atoms with E-state index in [1.807, 2.05) is 0 Å². The molecule has 35 heavy (non-hydrogen) atoms. The first-order valence-electron chi connectivity index (χ1n) is 11.1. The van der Waals surface area contributed by atoms with Gasteiger partial charge in [0.25, 0.3) is 5.91 Å². The first-order valence-corrected chi connectivity index (χ1v) is 12.0. The van der Waals surface area contributed by atoms with Crippen LogP contribution in [0.5, 0.6) is 0 Å². The van der Waals surface area contributed by atoms with Gasteiger partial charge in [-0.1, -0.05) is 30.3 Å². The summed E-state index contributed by atoms with van der Waals surface area (Å²) in [5.74, 6) is -6.29. The van der Waals surface area contributed by atoms with Crippen molar-refractivity contribution < 1.29 is 28.0 Å². The van der Waals surface area contributed by atoms with Gasteiger partial charge in [0.1, 0.15) is 17.1 Å². The molecule has 3 rings (SSSR count). The van der Waals surface area contributed by atoms with Gasteiger partial charge in [0.2, 0.25) is 23.5 Å². The Morgan fingerprint density at radius 1 is 1.11 bits per heavy atom. The summed E-state index contributed by atoms with van der Waals surface area (Å²) >= 11 is 1.32. The molecule has 5 N–H and O–H groups in total. The van der Waals surface area contributed by atoms with Gasteiger partial charge in [-0.05, 0) is 11.5 Å². The van der Waals surface area contributed by atoms with Crippen molar-refractivity contribution in [1.82, 2.24) is 20.9 Å². The smallest absolute Gasteiger partial charge is 0.289 e. The molecule has 0 radical (unpaired) electrons. The molecule has 2 atom stereocenters. The lowest BCUT2D eigenvalue weighted by Crippen LogP contribution is -2.56. The predicted molar refractivity (Wildman–Crippen MR) is 124 cm³/mol. The van der Waals surface area contributed by atoms with Gasteiger partial charge in [0, 0.05) is 43.8 Å². The number of nitrogens with zero attached hydrogens (tertiary/aromatic N) is 1. The lowest BCUT2D eigenvalue weighted by atomic mass is 9.79. The molecular weight excluding hydrogens is 480 g/mol. The zero-order valence-corrected chi connectivity index (χ0v) is 19.7. The number of hydrogen-bond acceptors (Lipinski definition) is 7. The number of thiazole rings is 1. The van der Waals surface area contributed by atoms with Crippen molar-refractivity contribution in [2.75, 3.05) is 6.54 Å². The number of amides is 3. The van der Waals surface area contributed by atoms with E-state index in [2.05, 4.69) is 20.9 Å². The number of Topliss-reactive ketones (excluding diaryl/α,β-unsaturated/α-hetero) is 1. The molecule has 1 aliphatic rings. The lowest BCUT2D eigenvalue weighted by molar-refractivity contribution is -0.141. The number of carbonyl (C=O) groups excluding carboxylic acids is 4. The average Bonchev–Trinajstić information content (AvgIpc) is 3.33. The number of alkyl halides is 2. The second kappa shape index (κ2) is 11.9. The molecule has 0 saturated heterocycles. The third kappa shape index (κ3) is 7.89. The van der Waals surface area contributed by atoms with Crippen molar-refractivity contribution >= 4 is 34.8 Å². The molecule has 1 saturated carbocycles. The third-order valence-corrected chi connectivity index (χ3v) is 6.34. The normalized spacial score (nSPS) is 16.4. The van der Waals surface area contributed by atoms with E-state index in [4.69, 9.17) is 5.73 Å². The minimum atomic E-state index is -2.75. The maximum atomic E-state index is 13.0. The molecule has 1 aromatic carbocycles. The Hall–Kier alpha value is -3.25. The Kier molecular flexibility index (Phi) is 8.99. The van der Waals surface area contributed by atoms with Crippen molar-refractivity contribution in [1.29, 1.82) is 0 Å². The predicted octanol–water partition coefficient (Wildman–Crippen LogP) is 0.935. The molecule has 1 fully saturated rings. The van der Waals surface area contributed by atoms with E-state index in [1.54, 1.807) is 41.9 Å². The minimum Gasteiger partial charge on any atom is -0.344 e. The zero-order valence-electron chi connectivity index (χ0n) is 18.8. The second-order valence-electron chi connectivity index (χ2n) is 8.41. The van der Waals surface area contributed by atoms with Crippen LogP contribution in [-0.4, -0.2) is 53.0 Å². The first-order chi connectivity index (χ1) is 16.7. The molecule has 1 aliphatic carbocycles. The fourth-order valence-electron chi connectivity index (χ4n) is 3.75. The fraction of sp³-hybridized carbons (Fsp3) is 0.435. The fourth-order valence-corrected chi connectivity index (χ4v) is 4.31. The largest absolute Gasteiger partial charge is 0.344 e. The summed E-state index contributed by atoms with van der Waals surface area (Å²) in [6.07, 6.45) is 0.723. The van der Waals surface area contributed by atoms with Gasteiger partial charge in [-0.25, -0.2) is 13.8 Å². The Balaban J connectivity index is 1.62. The van der Waals surface area contributed by atoms with Crippen LogP contribution >= 0.6 is 11.3 Å². The standard InChI is InChI=1S/C23H27F2N5O4S/c24-23(25)10-15(11-23)9-18(31)29-17(12-26)21(33)30-16(8-14-4-2-1-3-5-14)20(32)22(34)28-13-19-27-6-7-35-19/h1-7,15-17H,8-13,26H2,(H,28,34)(H,29,31)(H,30,33)/t16-,17-/m1/s1. The molecule has 9 nitrogen and oxygen atoms in total. The summed E-state index contributed by atoms with van der Waals surface area (Å²) in [4.78, 5) is 54.5. The second-order valence-corrected chi connectivity index (χ2v) is 9.39. The van der Waals surface area contributed by atoms with Crippen molar-refractivity contribution in [2.24, 2.45) is 11.7 Å². The number of ketones is 1. The van der Waals surface area contributed by atoms with Crippen LogP contribution in [0.3, 0.4) is 0 Å². The Bertz CT molecular complexity index is 1030. The highest BCUT2D eigenvalue weighted by Gasteiger charge is 2.45. The molecule has 12 heteroatoms. The minimum absolute atomic E-state index is 0.0402. The SMILES string of the molecule is NC[C@@H](NC(=O)CC1CC(F)(F)C1)C(=O)N[C@H](Cc1ccccc1)C(=O)C(=O)NCc1nccs1. The quantitative estimate of drug-likeness (QED) is 0.315. The summed E-state index contributed by atoms with van der Waals surface area (Å²) in [7, 11) is 0. The summed E-state index contributed by atoms with van der Waals surface area (Å²) in [6.45, 7) is -0.211. The first kappa shape index (κ1) is 26.4. The highest BCUT2D eigenvalue weighted by molar-refractivity contribution is 7.09. The van der Waals surface area contributed by atoms with E-state index in [9.17, 15) is 28.0 Å². The number of aromatic nitrogens is 1. The number of halogens is 2. The summed E-state index contributed by atoms with van der Waals surface area (Å²) in [5, 5.41) is 9.79. The number of nitrogens with one attached hydrogen (secondary N) is 3. The molecule has 188 valence electrons. The molecule has 0 unspecified atom stereocenters. The third-order valence-electron chi connectivity index (χ3n) is 5.56. The highest BCUT2D eigenvalue weighted by atomic mass is 32.1. The van der Waals surface area contributed by atoms with Gasteiger partial charge in [-0.2, -0.15) is 0 Å². The number of benzene rings is 1. The summed E-state index contributed by atoms with van der Waals surface area (Å²) < 4.78 is 26.0. The molecule has 0 aliphatic heterocycles. The topological polar surface area (TPSA) is 143 Å². The van der Waals surface area contributed by atoms with Crippen LogP contribution in [0.4, 0.5) is 8.78 Å². The number of rotatable bonds is 12. The van der Waals surface area contributed by atoms with Crippen molar-refractivity contribution in [3.63, 3.8) is 0 Å². The maximum absolute atomic E-state index is 13.0. The molecular formula is C23H27F2N5O4S. The van der Waals surface area contributed by atoms with E-state index in [1.165, 1.54) is 11.3 Å². The van der Waals surface area contributed by atoms with Crippen molar-refractivity contribution in [3.05, 3.63) is 52.5 Å². The number of hydrogen-bond donors (Lipinski definition) is 4. The summed E-state index contributed by atoms with van der Waals surface area (Å²) in [6, 6.07) is 6.40. The molecule has 1 aromatic heterocycles. The molecule has 0 spiro atoms. The number of carbonyl (C=O) groups is 4. The number of nitrogens with two attached hydrogens (primary N) is 1. The van der Waals surface area contributed by atoms with Crippen LogP contribution in [-0.2, 0) is 32.1 Å². The molecule has 0 bridgehead atoms. The van der Waals surface area contributed by atoms with Gasteiger partial charge >= 0.3 is 0 Å². The average molecular weight is 508 g/mol. The maximum Gasteiger partial charge on any atom is 0.289 e. The van der Waals surface area contributed by atoms with Crippen LogP contribution in [0, 0.1) is 5.92 Å². The highest BCUT2D eigenvalue weighted by Crippen LogP contribution is 2.43. The van der Waals surface area contributed by atoms with E-state index >= 15 is 0 Å². The van der Waals surface area contributed by atoms with Gasteiger partial charge in [-0.3, -0.25) is 19.2 Å². The molecule has 1 heterocycles. The van der Waals surface area contributed by atoms with Crippen LogP contribution in [0.1, 0.15) is 29.8 Å². The Morgan fingerprint density at radius 3 is 2.43 bits per heavy atom. The van der Waals surface area contributed by atoms with Crippen LogP contribution in [0.25, 0.3) is 0 Å². The monoisotopic (exact) mass is 507 g/mol. The van der Waals surface area contributed by atoms with Crippen molar-refractivity contribution in [3.8, 4) is 0 Å². The zero-order chi connectivity index (χ0) is 25.4. The molecule has 3 amide bonds. The van der Waals surface area contributed by atoms with E-state index < -0.39 is 47.4 Å². The van der Waals surface area contributed by atoms with Crippen LogP contribution in [0.2, 0.25) is 0 Å². The van der Waals surface area contributed by atoms with E-state index in [0.29, 0.717) is 10.6 Å². The van der Waals surface area contributed by atoms with Gasteiger partial charge < -0.3 is 21.7 Å². The molecule has 2 aromatic rings. The lowest BCUT2D eigenvalue weighted by Gasteiger charge is -2.34. The van der Waals surface area contributed by atoms with Crippen LogP contribution < -0.4 is 21.7 Å². The van der Waals surface area contributed by atoms with Gasteiger partial charge in [0.05, 0.1) is 6.54 Å². The van der Waals surface area contributed by atoms with Crippen LogP contribution in [0.15, 0.2) is 41.9 Å². The summed E-state index contributed by atoms with van der Waals surface area (Å²) in [5.41, 5.74) is 6.35. The van der Waals surface area contributed by atoms with E-state index in [-0.39, 0.29) is 38.8 Å². The van der Waals surface area contributed by atoms with Gasteiger partial charge in [-0.15, -0.1) is 11.3 Å². The Morgan fingerprint density at radius 2 is 1.83 bits per heavy atom. The van der Waals surface area contributed by atoms with E-state index in [0.717, 1.165) is 0 Å². The van der Waals surface area contributed by atoms with Gasteiger partial charge in [0.15, 0.2) is 0 Å². The Labute approximate surface area is 204 Å².